The van der Waals surface area contributed by atoms with Crippen molar-refractivity contribution in [2.75, 3.05) is 18.4 Å². The number of carbonyl (C=O) groups is 1. The molecule has 0 spiro atoms. The van der Waals surface area contributed by atoms with Crippen LogP contribution in [0.1, 0.15) is 18.4 Å². The minimum absolute atomic E-state index is 0.0403. The molecule has 1 amide bonds. The Kier molecular flexibility index (Phi) is 5.20. The van der Waals surface area contributed by atoms with Gasteiger partial charge >= 0.3 is 0 Å². The number of anilines is 1. The van der Waals surface area contributed by atoms with Gasteiger partial charge in [-0.05, 0) is 38.1 Å². The fourth-order valence-electron chi connectivity index (χ4n) is 2.71. The van der Waals surface area contributed by atoms with E-state index in [0.717, 1.165) is 31.5 Å². The molecule has 2 aromatic rings. The molecule has 0 atom stereocenters. The summed E-state index contributed by atoms with van der Waals surface area (Å²) in [6.45, 7) is 2.17. The van der Waals surface area contributed by atoms with Crippen LogP contribution in [0.3, 0.4) is 0 Å². The number of hydrogen-bond donors (Lipinski definition) is 2. The molecular weight excluding hydrogens is 335 g/mol. The van der Waals surface area contributed by atoms with Crippen molar-refractivity contribution in [1.29, 1.82) is 0 Å². The number of piperidine rings is 1. The largest absolute Gasteiger partial charge is 0.317 e. The second kappa shape index (κ2) is 7.34. The summed E-state index contributed by atoms with van der Waals surface area (Å²) >= 11 is 12.4. The summed E-state index contributed by atoms with van der Waals surface area (Å²) in [5.41, 5.74) is 0.789. The highest BCUT2D eigenvalue weighted by atomic mass is 35.5. The van der Waals surface area contributed by atoms with Gasteiger partial charge in [0.2, 0.25) is 5.91 Å². The van der Waals surface area contributed by atoms with Gasteiger partial charge in [0.1, 0.15) is 5.82 Å². The number of aromatic nitrogens is 2. The summed E-state index contributed by atoms with van der Waals surface area (Å²) in [6, 6.07) is 7.17. The maximum absolute atomic E-state index is 12.4. The lowest BCUT2D eigenvalue weighted by Crippen LogP contribution is -2.35. The molecule has 0 saturated carbocycles. The molecule has 3 rings (SSSR count). The van der Waals surface area contributed by atoms with E-state index in [2.05, 4.69) is 15.7 Å². The van der Waals surface area contributed by atoms with Crippen LogP contribution in [0.5, 0.6) is 0 Å². The number of halogens is 2. The Balaban J connectivity index is 1.73. The van der Waals surface area contributed by atoms with Gasteiger partial charge in [-0.25, -0.2) is 4.68 Å². The van der Waals surface area contributed by atoms with Crippen molar-refractivity contribution >= 4 is 34.9 Å². The van der Waals surface area contributed by atoms with Gasteiger partial charge in [-0.3, -0.25) is 4.79 Å². The van der Waals surface area contributed by atoms with Gasteiger partial charge in [0.15, 0.2) is 0 Å². The van der Waals surface area contributed by atoms with E-state index >= 15 is 0 Å². The molecule has 2 N–H and O–H groups in total. The number of nitrogens with one attached hydrogen (secondary N) is 2. The minimum atomic E-state index is 0.0403. The zero-order valence-electron chi connectivity index (χ0n) is 12.6. The first-order valence-electron chi connectivity index (χ1n) is 7.61. The lowest BCUT2D eigenvalue weighted by molar-refractivity contribution is -0.120. The highest BCUT2D eigenvalue weighted by Crippen LogP contribution is 2.26. The SMILES string of the molecule is O=C(Nc1ccnn1Cc1c(Cl)cccc1Cl)C1CCNCC1. The molecule has 2 heterocycles. The maximum atomic E-state index is 12.4. The van der Waals surface area contributed by atoms with Crippen LogP contribution in [0.15, 0.2) is 30.5 Å². The molecule has 0 radical (unpaired) electrons. The fourth-order valence-corrected chi connectivity index (χ4v) is 3.23. The second-order valence-corrected chi connectivity index (χ2v) is 6.40. The molecule has 23 heavy (non-hydrogen) atoms. The van der Waals surface area contributed by atoms with Crippen LogP contribution < -0.4 is 10.6 Å². The third-order valence-corrected chi connectivity index (χ3v) is 4.76. The first-order valence-corrected chi connectivity index (χ1v) is 8.37. The lowest BCUT2D eigenvalue weighted by Gasteiger charge is -2.22. The van der Waals surface area contributed by atoms with Gasteiger partial charge in [0, 0.05) is 27.6 Å². The van der Waals surface area contributed by atoms with E-state index in [1.807, 2.05) is 0 Å². The van der Waals surface area contributed by atoms with Crippen LogP contribution in [0, 0.1) is 5.92 Å². The van der Waals surface area contributed by atoms with E-state index in [0.29, 0.717) is 22.4 Å². The zero-order valence-corrected chi connectivity index (χ0v) is 14.1. The Hall–Kier alpha value is -1.56. The maximum Gasteiger partial charge on any atom is 0.228 e. The number of benzene rings is 1. The van der Waals surface area contributed by atoms with Gasteiger partial charge < -0.3 is 10.6 Å². The van der Waals surface area contributed by atoms with Gasteiger partial charge in [-0.2, -0.15) is 5.10 Å². The standard InChI is InChI=1S/C16H18Cl2N4O/c17-13-2-1-3-14(18)12(13)10-22-15(6-9-20-22)21-16(23)11-4-7-19-8-5-11/h1-3,6,9,11,19H,4-5,7-8,10H2,(H,21,23). The third kappa shape index (κ3) is 3.86. The first kappa shape index (κ1) is 16.3. The molecule has 0 unspecified atom stereocenters. The summed E-state index contributed by atoms with van der Waals surface area (Å²) in [6.07, 6.45) is 3.37. The molecule has 1 aliphatic heterocycles. The molecule has 5 nitrogen and oxygen atoms in total. The van der Waals surface area contributed by atoms with Crippen LogP contribution in [0.25, 0.3) is 0 Å². The second-order valence-electron chi connectivity index (χ2n) is 5.59. The molecule has 0 bridgehead atoms. The van der Waals surface area contributed by atoms with Crippen LogP contribution in [0.2, 0.25) is 10.0 Å². The van der Waals surface area contributed by atoms with Crippen molar-refractivity contribution in [3.05, 3.63) is 46.1 Å². The number of rotatable bonds is 4. The number of hydrogen-bond acceptors (Lipinski definition) is 3. The Morgan fingerprint density at radius 3 is 2.65 bits per heavy atom. The highest BCUT2D eigenvalue weighted by molar-refractivity contribution is 6.35. The summed E-state index contributed by atoms with van der Waals surface area (Å²) in [5, 5.41) is 11.7. The third-order valence-electron chi connectivity index (χ3n) is 4.05. The number of amides is 1. The quantitative estimate of drug-likeness (QED) is 0.888. The van der Waals surface area contributed by atoms with Gasteiger partial charge in [0.25, 0.3) is 0 Å². The van der Waals surface area contributed by atoms with Crippen molar-refractivity contribution in [2.24, 2.45) is 5.92 Å². The highest BCUT2D eigenvalue weighted by Gasteiger charge is 2.22. The predicted molar refractivity (Wildman–Crippen MR) is 92.0 cm³/mol. The van der Waals surface area contributed by atoms with Crippen molar-refractivity contribution in [3.63, 3.8) is 0 Å². The van der Waals surface area contributed by atoms with Gasteiger partial charge in [0.05, 0.1) is 12.7 Å². The topological polar surface area (TPSA) is 59.0 Å². The van der Waals surface area contributed by atoms with Crippen LogP contribution in [0.4, 0.5) is 5.82 Å². The molecule has 1 aromatic heterocycles. The van der Waals surface area contributed by atoms with Crippen LogP contribution >= 0.6 is 23.2 Å². The van der Waals surface area contributed by atoms with Crippen molar-refractivity contribution in [1.82, 2.24) is 15.1 Å². The number of carbonyl (C=O) groups excluding carboxylic acids is 1. The molecule has 1 aliphatic rings. The Bertz CT molecular complexity index is 675. The van der Waals surface area contributed by atoms with Crippen molar-refractivity contribution in [3.8, 4) is 0 Å². The van der Waals surface area contributed by atoms with E-state index in [4.69, 9.17) is 23.2 Å². The summed E-state index contributed by atoms with van der Waals surface area (Å²) in [5.74, 6) is 0.742. The molecule has 7 heteroatoms. The number of nitrogens with zero attached hydrogens (tertiary/aromatic N) is 2. The fraction of sp³-hybridized carbons (Fsp3) is 0.375. The zero-order chi connectivity index (χ0) is 16.2. The average Bonchev–Trinajstić information content (AvgIpc) is 2.99. The van der Waals surface area contributed by atoms with E-state index in [1.165, 1.54) is 0 Å². The van der Waals surface area contributed by atoms with Crippen molar-refractivity contribution in [2.45, 2.75) is 19.4 Å². The molecule has 1 saturated heterocycles. The molecular formula is C16H18Cl2N4O. The van der Waals surface area contributed by atoms with Crippen LogP contribution in [-0.4, -0.2) is 28.8 Å². The van der Waals surface area contributed by atoms with Crippen LogP contribution in [-0.2, 0) is 11.3 Å². The Morgan fingerprint density at radius 1 is 1.26 bits per heavy atom. The van der Waals surface area contributed by atoms with Crippen molar-refractivity contribution < 1.29 is 4.79 Å². The molecule has 1 aromatic carbocycles. The minimum Gasteiger partial charge on any atom is -0.317 e. The van der Waals surface area contributed by atoms with E-state index in [9.17, 15) is 4.79 Å². The normalized spacial score (nSPS) is 15.6. The van der Waals surface area contributed by atoms with Gasteiger partial charge in [-0.1, -0.05) is 29.3 Å². The average molecular weight is 353 g/mol. The predicted octanol–water partition coefficient (Wildman–Crippen LogP) is 3.18. The first-order chi connectivity index (χ1) is 11.1. The Labute approximate surface area is 145 Å². The lowest BCUT2D eigenvalue weighted by atomic mass is 9.97. The molecule has 122 valence electrons. The van der Waals surface area contributed by atoms with E-state index in [-0.39, 0.29) is 11.8 Å². The summed E-state index contributed by atoms with van der Waals surface area (Å²) < 4.78 is 1.70. The monoisotopic (exact) mass is 352 g/mol. The van der Waals surface area contributed by atoms with E-state index < -0.39 is 0 Å². The smallest absolute Gasteiger partial charge is 0.228 e. The molecule has 1 fully saturated rings. The van der Waals surface area contributed by atoms with Gasteiger partial charge in [-0.15, -0.1) is 0 Å². The van der Waals surface area contributed by atoms with E-state index in [1.54, 1.807) is 35.1 Å². The summed E-state index contributed by atoms with van der Waals surface area (Å²) in [7, 11) is 0. The Morgan fingerprint density at radius 2 is 1.96 bits per heavy atom. The molecule has 0 aliphatic carbocycles. The summed E-state index contributed by atoms with van der Waals surface area (Å²) in [4.78, 5) is 12.4.